The first kappa shape index (κ1) is 18.5. The van der Waals surface area contributed by atoms with E-state index in [1.807, 2.05) is 0 Å². The number of nitrogens with one attached hydrogen (secondary N) is 1. The lowest BCUT2D eigenvalue weighted by atomic mass is 10.1. The minimum absolute atomic E-state index is 0.184. The highest BCUT2D eigenvalue weighted by atomic mass is 35.5. The number of urea groups is 1. The molecule has 1 saturated heterocycles. The summed E-state index contributed by atoms with van der Waals surface area (Å²) < 4.78 is 10.4. The molecule has 8 heteroatoms. The molecule has 1 heterocycles. The molecule has 3 rings (SSSR count). The first-order valence-electron chi connectivity index (χ1n) is 7.83. The number of amides is 4. The summed E-state index contributed by atoms with van der Waals surface area (Å²) in [6, 6.07) is 10.2. The molecule has 7 nitrogen and oxygen atoms in total. The second-order valence-electron chi connectivity index (χ2n) is 5.55. The van der Waals surface area contributed by atoms with Crippen LogP contribution in [0.5, 0.6) is 11.5 Å². The molecular formula is C19H15ClN2O5. The average Bonchev–Trinajstić information content (AvgIpc) is 2.66. The summed E-state index contributed by atoms with van der Waals surface area (Å²) in [6.45, 7) is 0. The van der Waals surface area contributed by atoms with Gasteiger partial charge in [0.2, 0.25) is 0 Å². The monoisotopic (exact) mass is 386 g/mol. The first-order chi connectivity index (χ1) is 12.9. The number of benzene rings is 2. The van der Waals surface area contributed by atoms with Crippen LogP contribution >= 0.6 is 11.6 Å². The Morgan fingerprint density at radius 2 is 1.63 bits per heavy atom. The number of anilines is 1. The zero-order valence-corrected chi connectivity index (χ0v) is 15.2. The van der Waals surface area contributed by atoms with Crippen LogP contribution in [0.2, 0.25) is 5.02 Å². The summed E-state index contributed by atoms with van der Waals surface area (Å²) in [7, 11) is 2.98. The van der Waals surface area contributed by atoms with Gasteiger partial charge in [-0.15, -0.1) is 0 Å². The second kappa shape index (κ2) is 7.51. The number of carbonyl (C=O) groups excluding carboxylic acids is 3. The Kier molecular flexibility index (Phi) is 5.14. The largest absolute Gasteiger partial charge is 0.493 e. The predicted molar refractivity (Wildman–Crippen MR) is 100.0 cm³/mol. The summed E-state index contributed by atoms with van der Waals surface area (Å²) in [4.78, 5) is 38.0. The molecule has 1 fully saturated rings. The van der Waals surface area contributed by atoms with E-state index in [9.17, 15) is 14.4 Å². The van der Waals surface area contributed by atoms with Gasteiger partial charge in [0, 0.05) is 5.02 Å². The fourth-order valence-electron chi connectivity index (χ4n) is 2.59. The normalized spacial score (nSPS) is 15.7. The van der Waals surface area contributed by atoms with Crippen molar-refractivity contribution >= 4 is 41.2 Å². The van der Waals surface area contributed by atoms with Crippen LogP contribution in [0.1, 0.15) is 5.56 Å². The zero-order chi connectivity index (χ0) is 19.6. The van der Waals surface area contributed by atoms with Gasteiger partial charge in [-0.2, -0.15) is 0 Å². The molecule has 0 bridgehead atoms. The second-order valence-corrected chi connectivity index (χ2v) is 5.99. The van der Waals surface area contributed by atoms with Crippen molar-refractivity contribution in [3.05, 3.63) is 58.6 Å². The molecule has 138 valence electrons. The molecule has 1 N–H and O–H groups in total. The fraction of sp³-hybridized carbons (Fsp3) is 0.105. The van der Waals surface area contributed by atoms with Crippen LogP contribution in [0.25, 0.3) is 6.08 Å². The average molecular weight is 387 g/mol. The van der Waals surface area contributed by atoms with E-state index in [0.717, 1.165) is 4.90 Å². The molecule has 0 aromatic heterocycles. The molecule has 2 aromatic rings. The van der Waals surface area contributed by atoms with Crippen molar-refractivity contribution in [2.75, 3.05) is 19.1 Å². The number of carbonyl (C=O) groups is 3. The van der Waals surface area contributed by atoms with Gasteiger partial charge in [-0.25, -0.2) is 9.69 Å². The van der Waals surface area contributed by atoms with E-state index < -0.39 is 17.8 Å². The van der Waals surface area contributed by atoms with Gasteiger partial charge in [0.05, 0.1) is 19.9 Å². The number of hydrogen-bond donors (Lipinski definition) is 1. The van der Waals surface area contributed by atoms with Crippen LogP contribution in [0.4, 0.5) is 10.5 Å². The van der Waals surface area contributed by atoms with E-state index in [2.05, 4.69) is 5.32 Å². The lowest BCUT2D eigenvalue weighted by Gasteiger charge is -2.26. The van der Waals surface area contributed by atoms with Crippen molar-refractivity contribution in [2.24, 2.45) is 0 Å². The van der Waals surface area contributed by atoms with E-state index in [4.69, 9.17) is 21.1 Å². The summed E-state index contributed by atoms with van der Waals surface area (Å²) >= 11 is 5.84. The Morgan fingerprint density at radius 3 is 2.26 bits per heavy atom. The summed E-state index contributed by atoms with van der Waals surface area (Å²) in [6.07, 6.45) is 1.38. The summed E-state index contributed by atoms with van der Waals surface area (Å²) in [5.74, 6) is -0.552. The van der Waals surface area contributed by atoms with Gasteiger partial charge >= 0.3 is 6.03 Å². The van der Waals surface area contributed by atoms with Crippen LogP contribution in [0.3, 0.4) is 0 Å². The minimum Gasteiger partial charge on any atom is -0.493 e. The van der Waals surface area contributed by atoms with Crippen molar-refractivity contribution in [3.63, 3.8) is 0 Å². The van der Waals surface area contributed by atoms with E-state index in [0.29, 0.717) is 27.8 Å². The quantitative estimate of drug-likeness (QED) is 0.645. The third-order valence-electron chi connectivity index (χ3n) is 3.91. The molecule has 1 aliphatic heterocycles. The van der Waals surface area contributed by atoms with Gasteiger partial charge < -0.3 is 9.47 Å². The zero-order valence-electron chi connectivity index (χ0n) is 14.5. The van der Waals surface area contributed by atoms with Gasteiger partial charge in [0.1, 0.15) is 5.57 Å². The number of nitrogens with zero attached hydrogens (tertiary/aromatic N) is 1. The summed E-state index contributed by atoms with van der Waals surface area (Å²) in [5.41, 5.74) is 0.654. The standard InChI is InChI=1S/C19H15ClN2O5/c1-26-15-8-3-11(10-16(15)27-2)9-14-17(23)21-19(25)22(18(14)24)13-6-4-12(20)5-7-13/h3-10H,1-2H3,(H,21,23,25)/b14-9-. The third kappa shape index (κ3) is 3.63. The first-order valence-corrected chi connectivity index (χ1v) is 8.21. The van der Waals surface area contributed by atoms with Crippen LogP contribution in [0.15, 0.2) is 48.0 Å². The van der Waals surface area contributed by atoms with Crippen molar-refractivity contribution in [1.29, 1.82) is 0 Å². The maximum Gasteiger partial charge on any atom is 0.335 e. The minimum atomic E-state index is -0.822. The molecule has 27 heavy (non-hydrogen) atoms. The number of methoxy groups -OCH3 is 2. The lowest BCUT2D eigenvalue weighted by Crippen LogP contribution is -2.54. The highest BCUT2D eigenvalue weighted by Crippen LogP contribution is 2.29. The number of barbiturate groups is 1. The van der Waals surface area contributed by atoms with E-state index >= 15 is 0 Å². The molecule has 0 radical (unpaired) electrons. The SMILES string of the molecule is COc1ccc(/C=C2/C(=O)NC(=O)N(c3ccc(Cl)cc3)C2=O)cc1OC. The number of imide groups is 2. The molecule has 0 atom stereocenters. The molecular weight excluding hydrogens is 372 g/mol. The number of rotatable bonds is 4. The van der Waals surface area contributed by atoms with Crippen LogP contribution < -0.4 is 19.7 Å². The van der Waals surface area contributed by atoms with Crippen molar-refractivity contribution in [3.8, 4) is 11.5 Å². The van der Waals surface area contributed by atoms with Crippen LogP contribution in [-0.4, -0.2) is 32.1 Å². The maximum atomic E-state index is 12.8. The number of halogens is 1. The third-order valence-corrected chi connectivity index (χ3v) is 4.16. The smallest absolute Gasteiger partial charge is 0.335 e. The van der Waals surface area contributed by atoms with E-state index in [1.165, 1.54) is 32.4 Å². The summed E-state index contributed by atoms with van der Waals surface area (Å²) in [5, 5.41) is 2.62. The van der Waals surface area contributed by atoms with Gasteiger partial charge in [0.25, 0.3) is 11.8 Å². The molecule has 4 amide bonds. The van der Waals surface area contributed by atoms with Gasteiger partial charge in [0.15, 0.2) is 11.5 Å². The topological polar surface area (TPSA) is 84.9 Å². The predicted octanol–water partition coefficient (Wildman–Crippen LogP) is 3.02. The van der Waals surface area contributed by atoms with E-state index in [-0.39, 0.29) is 5.57 Å². The Hall–Kier alpha value is -3.32. The van der Waals surface area contributed by atoms with Gasteiger partial charge in [-0.1, -0.05) is 17.7 Å². The van der Waals surface area contributed by atoms with Crippen molar-refractivity contribution in [1.82, 2.24) is 5.32 Å². The highest BCUT2D eigenvalue weighted by Gasteiger charge is 2.36. The van der Waals surface area contributed by atoms with Crippen molar-refractivity contribution in [2.45, 2.75) is 0 Å². The van der Waals surface area contributed by atoms with Gasteiger partial charge in [-0.3, -0.25) is 14.9 Å². The highest BCUT2D eigenvalue weighted by molar-refractivity contribution is 6.39. The molecule has 1 aliphatic rings. The Balaban J connectivity index is 2.00. The van der Waals surface area contributed by atoms with E-state index in [1.54, 1.807) is 30.3 Å². The Bertz CT molecular complexity index is 953. The molecule has 0 aliphatic carbocycles. The number of ether oxygens (including phenoxy) is 2. The van der Waals surface area contributed by atoms with Gasteiger partial charge in [-0.05, 0) is 48.0 Å². The Morgan fingerprint density at radius 1 is 0.963 bits per heavy atom. The lowest BCUT2D eigenvalue weighted by molar-refractivity contribution is -0.122. The van der Waals surface area contributed by atoms with Crippen LogP contribution in [-0.2, 0) is 9.59 Å². The number of hydrogen-bond acceptors (Lipinski definition) is 5. The van der Waals surface area contributed by atoms with Crippen LogP contribution in [0, 0.1) is 0 Å². The molecule has 0 saturated carbocycles. The maximum absolute atomic E-state index is 12.8. The molecule has 2 aromatic carbocycles. The molecule has 0 unspecified atom stereocenters. The van der Waals surface area contributed by atoms with Crippen molar-refractivity contribution < 1.29 is 23.9 Å². The Labute approximate surface area is 160 Å². The molecule has 0 spiro atoms. The fourth-order valence-corrected chi connectivity index (χ4v) is 2.72.